The Morgan fingerprint density at radius 3 is 2.27 bits per heavy atom. The van der Waals surface area contributed by atoms with E-state index >= 15 is 0 Å². The summed E-state index contributed by atoms with van der Waals surface area (Å²) in [6.45, 7) is 10.9. The van der Waals surface area contributed by atoms with Crippen LogP contribution in [0.1, 0.15) is 47.0 Å². The lowest BCUT2D eigenvalue weighted by Crippen LogP contribution is -2.44. The molecule has 0 aliphatic carbocycles. The molecule has 0 rings (SSSR count). The summed E-state index contributed by atoms with van der Waals surface area (Å²) < 4.78 is 0. The molecule has 3 N–H and O–H groups in total. The maximum absolute atomic E-state index is 9.18. The summed E-state index contributed by atoms with van der Waals surface area (Å²) in [6, 6.07) is 0.595. The lowest BCUT2D eigenvalue weighted by atomic mass is 9.92. The molecule has 0 amide bonds. The Morgan fingerprint density at radius 1 is 1.33 bits per heavy atom. The van der Waals surface area contributed by atoms with Crippen LogP contribution in [0.4, 0.5) is 0 Å². The van der Waals surface area contributed by atoms with Crippen LogP contribution in [-0.4, -0.2) is 41.3 Å². The minimum Gasteiger partial charge on any atom is -0.394 e. The smallest absolute Gasteiger partial charge is 0.0611 e. The van der Waals surface area contributed by atoms with Gasteiger partial charge in [-0.1, -0.05) is 13.8 Å². The van der Waals surface area contributed by atoms with Crippen LogP contribution < -0.4 is 5.73 Å². The summed E-state index contributed by atoms with van der Waals surface area (Å²) >= 11 is 0. The van der Waals surface area contributed by atoms with Crippen LogP contribution in [0, 0.1) is 0 Å². The third-order valence-corrected chi connectivity index (χ3v) is 3.28. The van der Waals surface area contributed by atoms with Crippen LogP contribution >= 0.6 is 0 Å². The molecular formula is C12H28N2O. The first kappa shape index (κ1) is 14.9. The largest absolute Gasteiger partial charge is 0.394 e. The Labute approximate surface area is 94.6 Å². The fourth-order valence-corrected chi connectivity index (χ4v) is 1.78. The van der Waals surface area contributed by atoms with Crippen molar-refractivity contribution >= 4 is 0 Å². The molecule has 0 saturated heterocycles. The van der Waals surface area contributed by atoms with Crippen molar-refractivity contribution in [3.05, 3.63) is 0 Å². The number of hydrogen-bond acceptors (Lipinski definition) is 3. The Balaban J connectivity index is 3.85. The average Bonchev–Trinajstić information content (AvgIpc) is 2.23. The van der Waals surface area contributed by atoms with Gasteiger partial charge in [-0.25, -0.2) is 0 Å². The predicted molar refractivity (Wildman–Crippen MR) is 65.9 cm³/mol. The van der Waals surface area contributed by atoms with Gasteiger partial charge in [0.2, 0.25) is 0 Å². The van der Waals surface area contributed by atoms with Gasteiger partial charge in [0.15, 0.2) is 0 Å². The molecule has 1 atom stereocenters. The first-order valence-electron chi connectivity index (χ1n) is 6.13. The summed E-state index contributed by atoms with van der Waals surface area (Å²) in [4.78, 5) is 2.42. The molecule has 0 heterocycles. The molecule has 3 heteroatoms. The minimum atomic E-state index is -0.365. The zero-order chi connectivity index (χ0) is 11.9. The maximum Gasteiger partial charge on any atom is 0.0611 e. The molecular weight excluding hydrogens is 188 g/mol. The van der Waals surface area contributed by atoms with E-state index in [9.17, 15) is 5.11 Å². The highest BCUT2D eigenvalue weighted by Crippen LogP contribution is 2.14. The number of rotatable bonds is 8. The van der Waals surface area contributed by atoms with Crippen LogP contribution in [0.2, 0.25) is 0 Å². The van der Waals surface area contributed by atoms with E-state index in [4.69, 9.17) is 5.73 Å². The number of aliphatic hydroxyl groups is 1. The number of hydrogen-bond donors (Lipinski definition) is 2. The molecule has 0 aromatic rings. The second-order valence-corrected chi connectivity index (χ2v) is 4.70. The predicted octanol–water partition coefficient (Wildman–Crippen LogP) is 1.60. The number of nitrogens with zero attached hydrogens (tertiary/aromatic N) is 1. The van der Waals surface area contributed by atoms with Gasteiger partial charge < -0.3 is 15.7 Å². The summed E-state index contributed by atoms with van der Waals surface area (Å²) in [7, 11) is 0. The van der Waals surface area contributed by atoms with Crippen LogP contribution in [0.3, 0.4) is 0 Å². The van der Waals surface area contributed by atoms with Crippen molar-refractivity contribution in [2.24, 2.45) is 5.73 Å². The van der Waals surface area contributed by atoms with Gasteiger partial charge in [0, 0.05) is 11.6 Å². The maximum atomic E-state index is 9.18. The zero-order valence-corrected chi connectivity index (χ0v) is 10.8. The molecule has 3 nitrogen and oxygen atoms in total. The van der Waals surface area contributed by atoms with Crippen molar-refractivity contribution < 1.29 is 5.11 Å². The topological polar surface area (TPSA) is 49.5 Å². The van der Waals surface area contributed by atoms with Crippen molar-refractivity contribution in [3.63, 3.8) is 0 Å². The first-order chi connectivity index (χ1) is 6.99. The summed E-state index contributed by atoms with van der Waals surface area (Å²) in [5.74, 6) is 0. The number of nitrogens with two attached hydrogens (primary N) is 1. The fourth-order valence-electron chi connectivity index (χ4n) is 1.78. The third kappa shape index (κ3) is 5.50. The van der Waals surface area contributed by atoms with Crippen LogP contribution in [0.5, 0.6) is 0 Å². The van der Waals surface area contributed by atoms with Crippen molar-refractivity contribution in [1.82, 2.24) is 4.90 Å². The van der Waals surface area contributed by atoms with Crippen molar-refractivity contribution in [2.75, 3.05) is 19.7 Å². The second-order valence-electron chi connectivity index (χ2n) is 4.70. The van der Waals surface area contributed by atoms with Gasteiger partial charge in [0.25, 0.3) is 0 Å². The van der Waals surface area contributed by atoms with Gasteiger partial charge in [-0.15, -0.1) is 0 Å². The molecule has 15 heavy (non-hydrogen) atoms. The lowest BCUT2D eigenvalue weighted by Gasteiger charge is -2.29. The molecule has 0 fully saturated rings. The SMILES string of the molecule is CCN(CCCC(N)(CC)CO)C(C)C. The van der Waals surface area contributed by atoms with Crippen molar-refractivity contribution in [3.8, 4) is 0 Å². The molecule has 0 aromatic heterocycles. The Bertz CT molecular complexity index is 156. The van der Waals surface area contributed by atoms with E-state index in [1.165, 1.54) is 0 Å². The van der Waals surface area contributed by atoms with Crippen LogP contribution in [-0.2, 0) is 0 Å². The molecule has 1 unspecified atom stereocenters. The molecule has 0 spiro atoms. The third-order valence-electron chi connectivity index (χ3n) is 3.28. The van der Waals surface area contributed by atoms with Crippen molar-refractivity contribution in [2.45, 2.75) is 58.5 Å². The molecule has 92 valence electrons. The standard InChI is InChI=1S/C12H28N2O/c1-5-12(13,10-15)8-7-9-14(6-2)11(3)4/h11,15H,5-10,13H2,1-4H3. The Kier molecular flexibility index (Phi) is 7.14. The quantitative estimate of drug-likeness (QED) is 0.648. The van der Waals surface area contributed by atoms with E-state index in [0.29, 0.717) is 6.04 Å². The van der Waals surface area contributed by atoms with Gasteiger partial charge >= 0.3 is 0 Å². The van der Waals surface area contributed by atoms with Crippen LogP contribution in [0.15, 0.2) is 0 Å². The van der Waals surface area contributed by atoms with Crippen molar-refractivity contribution in [1.29, 1.82) is 0 Å². The molecule has 0 bridgehead atoms. The first-order valence-corrected chi connectivity index (χ1v) is 6.13. The summed E-state index contributed by atoms with van der Waals surface area (Å²) in [6.07, 6.45) is 2.82. The second kappa shape index (κ2) is 7.20. The highest BCUT2D eigenvalue weighted by Gasteiger charge is 2.21. The Morgan fingerprint density at radius 2 is 1.93 bits per heavy atom. The van der Waals surface area contributed by atoms with Gasteiger partial charge in [-0.2, -0.15) is 0 Å². The lowest BCUT2D eigenvalue weighted by molar-refractivity contribution is 0.166. The highest BCUT2D eigenvalue weighted by atomic mass is 16.3. The zero-order valence-electron chi connectivity index (χ0n) is 10.8. The molecule has 0 radical (unpaired) electrons. The van der Waals surface area contributed by atoms with E-state index in [2.05, 4.69) is 25.7 Å². The molecule has 0 aliphatic heterocycles. The van der Waals surface area contributed by atoms with Gasteiger partial charge in [0.1, 0.15) is 0 Å². The summed E-state index contributed by atoms with van der Waals surface area (Å²) in [5, 5.41) is 9.18. The van der Waals surface area contributed by atoms with E-state index in [0.717, 1.165) is 32.4 Å². The summed E-state index contributed by atoms with van der Waals surface area (Å²) in [5.41, 5.74) is 5.67. The number of aliphatic hydroxyl groups excluding tert-OH is 1. The molecule has 0 aliphatic rings. The highest BCUT2D eigenvalue weighted by molar-refractivity contribution is 4.81. The van der Waals surface area contributed by atoms with Gasteiger partial charge in [0.05, 0.1) is 6.61 Å². The van der Waals surface area contributed by atoms with Crippen LogP contribution in [0.25, 0.3) is 0 Å². The normalized spacial score (nSPS) is 16.0. The monoisotopic (exact) mass is 216 g/mol. The van der Waals surface area contributed by atoms with Gasteiger partial charge in [-0.3, -0.25) is 0 Å². The minimum absolute atomic E-state index is 0.0945. The fraction of sp³-hybridized carbons (Fsp3) is 1.00. The van der Waals surface area contributed by atoms with E-state index in [1.54, 1.807) is 0 Å². The van der Waals surface area contributed by atoms with Gasteiger partial charge in [-0.05, 0) is 46.2 Å². The molecule has 0 saturated carbocycles. The van der Waals surface area contributed by atoms with E-state index in [1.807, 2.05) is 6.92 Å². The van der Waals surface area contributed by atoms with E-state index in [-0.39, 0.29) is 12.1 Å². The molecule has 0 aromatic carbocycles. The average molecular weight is 216 g/mol. The Hall–Kier alpha value is -0.120. The van der Waals surface area contributed by atoms with E-state index < -0.39 is 0 Å².